The van der Waals surface area contributed by atoms with Gasteiger partial charge in [0.2, 0.25) is 5.91 Å². The number of rotatable bonds is 4. The number of hydrogen-bond donors (Lipinski definition) is 2. The summed E-state index contributed by atoms with van der Waals surface area (Å²) in [7, 11) is 0. The van der Waals surface area contributed by atoms with Crippen molar-refractivity contribution in [3.63, 3.8) is 0 Å². The molecule has 5 nitrogen and oxygen atoms in total. The minimum atomic E-state index is -0.553. The van der Waals surface area contributed by atoms with Gasteiger partial charge < -0.3 is 16.0 Å². The van der Waals surface area contributed by atoms with Crippen molar-refractivity contribution in [3.05, 3.63) is 0 Å². The van der Waals surface area contributed by atoms with Gasteiger partial charge in [0.1, 0.15) is 0 Å². The zero-order chi connectivity index (χ0) is 12.2. The Kier molecular flexibility index (Phi) is 4.15. The first-order valence-electron chi connectivity index (χ1n) is 5.82. The molecule has 0 saturated carbocycles. The molecule has 1 heterocycles. The molecule has 3 N–H and O–H groups in total. The summed E-state index contributed by atoms with van der Waals surface area (Å²) in [4.78, 5) is 24.6. The van der Waals surface area contributed by atoms with E-state index in [0.29, 0.717) is 26.1 Å². The van der Waals surface area contributed by atoms with Crippen LogP contribution < -0.4 is 11.1 Å². The second-order valence-electron chi connectivity index (χ2n) is 4.68. The maximum Gasteiger partial charge on any atom is 0.317 e. The molecule has 1 rings (SSSR count). The van der Waals surface area contributed by atoms with Gasteiger partial charge in [0.25, 0.3) is 0 Å². The maximum absolute atomic E-state index is 11.7. The Bertz CT molecular complexity index is 280. The summed E-state index contributed by atoms with van der Waals surface area (Å²) in [6.45, 7) is 5.62. The highest BCUT2D eigenvalue weighted by molar-refractivity contribution is 5.83. The number of primary amides is 1. The van der Waals surface area contributed by atoms with Gasteiger partial charge in [-0.15, -0.1) is 0 Å². The average molecular weight is 227 g/mol. The van der Waals surface area contributed by atoms with E-state index in [-0.39, 0.29) is 11.9 Å². The molecule has 0 bridgehead atoms. The predicted octanol–water partition coefficient (Wildman–Crippen LogP) is 0.693. The number of urea groups is 1. The number of hydrogen-bond acceptors (Lipinski definition) is 2. The van der Waals surface area contributed by atoms with Crippen molar-refractivity contribution >= 4 is 11.9 Å². The van der Waals surface area contributed by atoms with Crippen LogP contribution in [0.15, 0.2) is 0 Å². The smallest absolute Gasteiger partial charge is 0.317 e. The van der Waals surface area contributed by atoms with E-state index in [2.05, 4.69) is 12.2 Å². The van der Waals surface area contributed by atoms with E-state index in [1.807, 2.05) is 6.92 Å². The van der Waals surface area contributed by atoms with Gasteiger partial charge in [-0.25, -0.2) is 4.79 Å². The number of unbranched alkanes of at least 4 members (excludes halogenated alkanes) is 1. The van der Waals surface area contributed by atoms with Crippen molar-refractivity contribution in [1.82, 2.24) is 10.2 Å². The number of amides is 3. The Morgan fingerprint density at radius 2 is 2.19 bits per heavy atom. The van der Waals surface area contributed by atoms with Crippen molar-refractivity contribution in [3.8, 4) is 0 Å². The van der Waals surface area contributed by atoms with Crippen LogP contribution >= 0.6 is 0 Å². The molecule has 5 heteroatoms. The van der Waals surface area contributed by atoms with Crippen molar-refractivity contribution in [1.29, 1.82) is 0 Å². The zero-order valence-electron chi connectivity index (χ0n) is 10.1. The van der Waals surface area contributed by atoms with Crippen LogP contribution in [0.4, 0.5) is 4.79 Å². The van der Waals surface area contributed by atoms with Crippen LogP contribution in [0.25, 0.3) is 0 Å². The number of nitrogens with two attached hydrogens (primary N) is 1. The van der Waals surface area contributed by atoms with E-state index in [0.717, 1.165) is 12.8 Å². The van der Waals surface area contributed by atoms with E-state index in [4.69, 9.17) is 5.73 Å². The number of carbonyl (C=O) groups is 2. The summed E-state index contributed by atoms with van der Waals surface area (Å²) in [6, 6.07) is -0.0848. The Morgan fingerprint density at radius 1 is 1.50 bits per heavy atom. The third-order valence-electron chi connectivity index (χ3n) is 3.16. The fourth-order valence-electron chi connectivity index (χ4n) is 1.82. The predicted molar refractivity (Wildman–Crippen MR) is 61.8 cm³/mol. The molecular weight excluding hydrogens is 206 g/mol. The topological polar surface area (TPSA) is 75.4 Å². The van der Waals surface area contributed by atoms with Crippen LogP contribution in [0.5, 0.6) is 0 Å². The fraction of sp³-hybridized carbons (Fsp3) is 0.818. The lowest BCUT2D eigenvalue weighted by Crippen LogP contribution is -2.42. The first-order chi connectivity index (χ1) is 7.49. The van der Waals surface area contributed by atoms with E-state index < -0.39 is 5.41 Å². The molecule has 1 atom stereocenters. The van der Waals surface area contributed by atoms with Crippen LogP contribution in [0, 0.1) is 5.41 Å². The van der Waals surface area contributed by atoms with Crippen molar-refractivity contribution in [2.75, 3.05) is 19.6 Å². The van der Waals surface area contributed by atoms with Gasteiger partial charge in [0.15, 0.2) is 0 Å². The molecule has 3 amide bonds. The second kappa shape index (κ2) is 5.18. The van der Waals surface area contributed by atoms with Crippen molar-refractivity contribution in [2.45, 2.75) is 33.1 Å². The van der Waals surface area contributed by atoms with Crippen LogP contribution in [0.2, 0.25) is 0 Å². The number of nitrogens with one attached hydrogen (secondary N) is 1. The standard InChI is InChI=1S/C11H21N3O2/c1-3-4-6-13-10(16)14-7-5-11(2,8-14)9(12)15/h3-8H2,1-2H3,(H2,12,15)(H,13,16). The molecule has 0 aromatic carbocycles. The first kappa shape index (κ1) is 12.8. The molecule has 1 fully saturated rings. The highest BCUT2D eigenvalue weighted by Gasteiger charge is 2.40. The molecule has 0 aromatic heterocycles. The van der Waals surface area contributed by atoms with Gasteiger partial charge in [0.05, 0.1) is 5.41 Å². The normalized spacial score (nSPS) is 24.5. The summed E-state index contributed by atoms with van der Waals surface area (Å²) in [5.41, 5.74) is 4.77. The fourth-order valence-corrected chi connectivity index (χ4v) is 1.82. The largest absolute Gasteiger partial charge is 0.369 e. The lowest BCUT2D eigenvalue weighted by molar-refractivity contribution is -0.126. The van der Waals surface area contributed by atoms with Crippen molar-refractivity contribution in [2.24, 2.45) is 11.1 Å². The second-order valence-corrected chi connectivity index (χ2v) is 4.68. The summed E-state index contributed by atoms with van der Waals surface area (Å²) >= 11 is 0. The highest BCUT2D eigenvalue weighted by Crippen LogP contribution is 2.29. The zero-order valence-corrected chi connectivity index (χ0v) is 10.1. The molecule has 1 saturated heterocycles. The van der Waals surface area contributed by atoms with Gasteiger partial charge in [-0.05, 0) is 19.8 Å². The first-order valence-corrected chi connectivity index (χ1v) is 5.82. The number of carbonyl (C=O) groups excluding carboxylic acids is 2. The Morgan fingerprint density at radius 3 is 2.69 bits per heavy atom. The van der Waals surface area contributed by atoms with Crippen molar-refractivity contribution < 1.29 is 9.59 Å². The average Bonchev–Trinajstić information content (AvgIpc) is 2.63. The lowest BCUT2D eigenvalue weighted by Gasteiger charge is -2.21. The molecule has 92 valence electrons. The van der Waals surface area contributed by atoms with E-state index in [1.54, 1.807) is 4.90 Å². The van der Waals surface area contributed by atoms with Gasteiger partial charge in [-0.3, -0.25) is 4.79 Å². The molecule has 1 aliphatic heterocycles. The Balaban J connectivity index is 2.41. The Labute approximate surface area is 96.4 Å². The molecule has 16 heavy (non-hydrogen) atoms. The third-order valence-corrected chi connectivity index (χ3v) is 3.16. The summed E-state index contributed by atoms with van der Waals surface area (Å²) in [6.07, 6.45) is 2.69. The SMILES string of the molecule is CCCCNC(=O)N1CCC(C)(C(N)=O)C1. The summed E-state index contributed by atoms with van der Waals surface area (Å²) < 4.78 is 0. The van der Waals surface area contributed by atoms with E-state index in [1.165, 1.54) is 0 Å². The maximum atomic E-state index is 11.7. The van der Waals surface area contributed by atoms with Crippen LogP contribution in [-0.4, -0.2) is 36.5 Å². The highest BCUT2D eigenvalue weighted by atomic mass is 16.2. The summed E-state index contributed by atoms with van der Waals surface area (Å²) in [5, 5.41) is 2.84. The molecule has 0 aliphatic carbocycles. The number of likely N-dealkylation sites (tertiary alicyclic amines) is 1. The van der Waals surface area contributed by atoms with Crippen LogP contribution in [-0.2, 0) is 4.79 Å². The van der Waals surface area contributed by atoms with Gasteiger partial charge in [-0.1, -0.05) is 13.3 Å². The minimum absolute atomic E-state index is 0.0848. The Hall–Kier alpha value is -1.26. The van der Waals surface area contributed by atoms with Gasteiger partial charge >= 0.3 is 6.03 Å². The molecular formula is C11H21N3O2. The quantitative estimate of drug-likeness (QED) is 0.693. The minimum Gasteiger partial charge on any atom is -0.369 e. The van der Waals surface area contributed by atoms with Gasteiger partial charge in [0, 0.05) is 19.6 Å². The molecule has 0 spiro atoms. The lowest BCUT2D eigenvalue weighted by atomic mass is 9.89. The monoisotopic (exact) mass is 227 g/mol. The molecule has 1 unspecified atom stereocenters. The summed E-state index contributed by atoms with van der Waals surface area (Å²) in [5.74, 6) is -0.323. The van der Waals surface area contributed by atoms with Crippen LogP contribution in [0.3, 0.4) is 0 Å². The third kappa shape index (κ3) is 2.87. The van der Waals surface area contributed by atoms with E-state index >= 15 is 0 Å². The molecule has 0 aromatic rings. The van der Waals surface area contributed by atoms with Crippen LogP contribution in [0.1, 0.15) is 33.1 Å². The molecule has 0 radical (unpaired) electrons. The van der Waals surface area contributed by atoms with Gasteiger partial charge in [-0.2, -0.15) is 0 Å². The molecule has 1 aliphatic rings. The van der Waals surface area contributed by atoms with E-state index in [9.17, 15) is 9.59 Å². The number of nitrogens with zero attached hydrogens (tertiary/aromatic N) is 1.